The molecule has 1 rings (SSSR count). The number of alkyl halides is 2. The van der Waals surface area contributed by atoms with Crippen LogP contribution < -0.4 is 10.5 Å². The minimum atomic E-state index is -2.52. The lowest BCUT2D eigenvalue weighted by Gasteiger charge is -2.07. The molecular formula is C7H7BrF2N2O. The average molecular weight is 253 g/mol. The van der Waals surface area contributed by atoms with E-state index in [1.165, 1.54) is 12.3 Å². The van der Waals surface area contributed by atoms with Gasteiger partial charge in [-0.2, -0.15) is 0 Å². The molecule has 0 unspecified atom stereocenters. The highest BCUT2D eigenvalue weighted by Gasteiger charge is 2.07. The summed E-state index contributed by atoms with van der Waals surface area (Å²) in [6, 6.07) is 1.49. The second kappa shape index (κ2) is 4.36. The van der Waals surface area contributed by atoms with Gasteiger partial charge < -0.3 is 10.5 Å². The Morgan fingerprint density at radius 3 is 2.92 bits per heavy atom. The SMILES string of the molecule is Nc1ncc(Br)cc1OCC(F)F. The van der Waals surface area contributed by atoms with Crippen molar-refractivity contribution in [3.8, 4) is 5.75 Å². The van der Waals surface area contributed by atoms with Crippen molar-refractivity contribution in [1.29, 1.82) is 0 Å². The van der Waals surface area contributed by atoms with E-state index < -0.39 is 13.0 Å². The molecule has 6 heteroatoms. The van der Waals surface area contributed by atoms with Gasteiger partial charge in [-0.1, -0.05) is 0 Å². The van der Waals surface area contributed by atoms with Gasteiger partial charge in [0, 0.05) is 10.7 Å². The van der Waals surface area contributed by atoms with Crippen molar-refractivity contribution in [2.75, 3.05) is 12.3 Å². The van der Waals surface area contributed by atoms with Gasteiger partial charge in [-0.15, -0.1) is 0 Å². The standard InChI is InChI=1S/C7H7BrF2N2O/c8-4-1-5(7(11)12-2-4)13-3-6(9)10/h1-2,6H,3H2,(H2,11,12). The van der Waals surface area contributed by atoms with Crippen molar-refractivity contribution in [2.24, 2.45) is 0 Å². The first-order chi connectivity index (χ1) is 6.09. The minimum absolute atomic E-state index is 0.101. The summed E-state index contributed by atoms with van der Waals surface area (Å²) in [4.78, 5) is 3.72. The van der Waals surface area contributed by atoms with Crippen LogP contribution in [0.15, 0.2) is 16.7 Å². The third kappa shape index (κ3) is 3.14. The highest BCUT2D eigenvalue weighted by Crippen LogP contribution is 2.23. The van der Waals surface area contributed by atoms with Crippen LogP contribution in [-0.2, 0) is 0 Å². The lowest BCUT2D eigenvalue weighted by atomic mass is 10.4. The highest BCUT2D eigenvalue weighted by atomic mass is 79.9. The van der Waals surface area contributed by atoms with Crippen molar-refractivity contribution in [3.63, 3.8) is 0 Å². The van der Waals surface area contributed by atoms with Gasteiger partial charge in [0.25, 0.3) is 6.43 Å². The third-order valence-electron chi connectivity index (χ3n) is 1.21. The number of nitrogens with zero attached hydrogens (tertiary/aromatic N) is 1. The summed E-state index contributed by atoms with van der Waals surface area (Å²) < 4.78 is 28.9. The maximum absolute atomic E-state index is 11.8. The maximum atomic E-state index is 11.8. The van der Waals surface area contributed by atoms with Crippen LogP contribution in [0.25, 0.3) is 0 Å². The summed E-state index contributed by atoms with van der Waals surface area (Å²) in [5, 5.41) is 0. The average Bonchev–Trinajstić information content (AvgIpc) is 2.06. The zero-order valence-electron chi connectivity index (χ0n) is 6.51. The van der Waals surface area contributed by atoms with E-state index >= 15 is 0 Å². The summed E-state index contributed by atoms with van der Waals surface area (Å²) in [5.41, 5.74) is 5.37. The fourth-order valence-corrected chi connectivity index (χ4v) is 1.01. The fourth-order valence-electron chi connectivity index (χ4n) is 0.700. The molecule has 0 fully saturated rings. The molecule has 1 aromatic rings. The van der Waals surface area contributed by atoms with E-state index in [0.717, 1.165) is 0 Å². The molecule has 1 heterocycles. The number of aromatic nitrogens is 1. The molecule has 72 valence electrons. The van der Waals surface area contributed by atoms with E-state index in [2.05, 4.69) is 20.9 Å². The number of nitrogen functional groups attached to an aromatic ring is 1. The Morgan fingerprint density at radius 1 is 1.62 bits per heavy atom. The number of pyridine rings is 1. The number of hydrogen-bond donors (Lipinski definition) is 1. The van der Waals surface area contributed by atoms with E-state index in [0.29, 0.717) is 4.47 Å². The Labute approximate surface area is 82.0 Å². The number of halogens is 3. The Kier molecular flexibility index (Phi) is 3.41. The molecule has 0 saturated carbocycles. The third-order valence-corrected chi connectivity index (χ3v) is 1.65. The van der Waals surface area contributed by atoms with Gasteiger partial charge in [0.2, 0.25) is 0 Å². The van der Waals surface area contributed by atoms with Gasteiger partial charge in [-0.05, 0) is 22.0 Å². The van der Waals surface area contributed by atoms with E-state index in [9.17, 15) is 8.78 Å². The first-order valence-electron chi connectivity index (χ1n) is 3.41. The largest absolute Gasteiger partial charge is 0.484 e. The maximum Gasteiger partial charge on any atom is 0.272 e. The number of nitrogens with two attached hydrogens (primary N) is 1. The molecule has 0 aliphatic rings. The quantitative estimate of drug-likeness (QED) is 0.896. The Bertz CT molecular complexity index is 296. The second-order valence-electron chi connectivity index (χ2n) is 2.24. The molecule has 0 bridgehead atoms. The van der Waals surface area contributed by atoms with Crippen molar-refractivity contribution >= 4 is 21.7 Å². The fraction of sp³-hybridized carbons (Fsp3) is 0.286. The Morgan fingerprint density at radius 2 is 2.31 bits per heavy atom. The predicted molar refractivity (Wildman–Crippen MR) is 47.8 cm³/mol. The van der Waals surface area contributed by atoms with Crippen LogP contribution in [0, 0.1) is 0 Å². The van der Waals surface area contributed by atoms with Crippen LogP contribution >= 0.6 is 15.9 Å². The number of hydrogen-bond acceptors (Lipinski definition) is 3. The topological polar surface area (TPSA) is 48.1 Å². The molecular weight excluding hydrogens is 246 g/mol. The molecule has 0 aliphatic heterocycles. The van der Waals surface area contributed by atoms with Gasteiger partial charge in [0.1, 0.15) is 6.61 Å². The molecule has 0 saturated heterocycles. The minimum Gasteiger partial charge on any atom is -0.484 e. The lowest BCUT2D eigenvalue weighted by molar-refractivity contribution is 0.0821. The molecule has 1 aromatic heterocycles. The number of rotatable bonds is 3. The van der Waals surface area contributed by atoms with Crippen LogP contribution in [0.2, 0.25) is 0 Å². The zero-order valence-corrected chi connectivity index (χ0v) is 8.09. The molecule has 0 radical (unpaired) electrons. The molecule has 13 heavy (non-hydrogen) atoms. The first-order valence-corrected chi connectivity index (χ1v) is 4.21. The Balaban J connectivity index is 2.70. The molecule has 0 atom stereocenters. The monoisotopic (exact) mass is 252 g/mol. The van der Waals surface area contributed by atoms with Crippen LogP contribution in [0.5, 0.6) is 5.75 Å². The van der Waals surface area contributed by atoms with Crippen LogP contribution in [0.4, 0.5) is 14.6 Å². The van der Waals surface area contributed by atoms with Gasteiger partial charge in [0.15, 0.2) is 11.6 Å². The zero-order chi connectivity index (χ0) is 9.84. The number of anilines is 1. The molecule has 0 amide bonds. The first kappa shape index (κ1) is 10.2. The number of ether oxygens (including phenoxy) is 1. The molecule has 2 N–H and O–H groups in total. The van der Waals surface area contributed by atoms with Gasteiger partial charge in [-0.25, -0.2) is 13.8 Å². The van der Waals surface area contributed by atoms with E-state index in [1.54, 1.807) is 0 Å². The van der Waals surface area contributed by atoms with Crippen LogP contribution in [-0.4, -0.2) is 18.0 Å². The normalized spacial score (nSPS) is 10.5. The van der Waals surface area contributed by atoms with Crippen LogP contribution in [0.1, 0.15) is 0 Å². The Hall–Kier alpha value is -0.910. The summed E-state index contributed by atoms with van der Waals surface area (Å²) in [5.74, 6) is 0.263. The summed E-state index contributed by atoms with van der Waals surface area (Å²) in [6.07, 6.45) is -1.05. The molecule has 0 spiro atoms. The van der Waals surface area contributed by atoms with Crippen molar-refractivity contribution < 1.29 is 13.5 Å². The summed E-state index contributed by atoms with van der Waals surface area (Å²) in [7, 11) is 0. The van der Waals surface area contributed by atoms with Gasteiger partial charge in [0.05, 0.1) is 0 Å². The van der Waals surface area contributed by atoms with Crippen molar-refractivity contribution in [3.05, 3.63) is 16.7 Å². The van der Waals surface area contributed by atoms with E-state index in [1.807, 2.05) is 0 Å². The summed E-state index contributed by atoms with van der Waals surface area (Å²) >= 11 is 3.12. The van der Waals surface area contributed by atoms with Crippen molar-refractivity contribution in [2.45, 2.75) is 6.43 Å². The lowest BCUT2D eigenvalue weighted by Crippen LogP contribution is -2.08. The van der Waals surface area contributed by atoms with Gasteiger partial charge in [-0.3, -0.25) is 0 Å². The summed E-state index contributed by atoms with van der Waals surface area (Å²) in [6.45, 7) is -0.678. The van der Waals surface area contributed by atoms with E-state index in [4.69, 9.17) is 10.5 Å². The smallest absolute Gasteiger partial charge is 0.272 e. The van der Waals surface area contributed by atoms with Crippen LogP contribution in [0.3, 0.4) is 0 Å². The predicted octanol–water partition coefficient (Wildman–Crippen LogP) is 2.07. The second-order valence-corrected chi connectivity index (χ2v) is 3.15. The molecule has 0 aromatic carbocycles. The molecule has 3 nitrogen and oxygen atoms in total. The van der Waals surface area contributed by atoms with Gasteiger partial charge >= 0.3 is 0 Å². The highest BCUT2D eigenvalue weighted by molar-refractivity contribution is 9.10. The molecule has 0 aliphatic carbocycles. The van der Waals surface area contributed by atoms with E-state index in [-0.39, 0.29) is 11.6 Å². The van der Waals surface area contributed by atoms with Crippen molar-refractivity contribution in [1.82, 2.24) is 4.98 Å².